The zero-order chi connectivity index (χ0) is 10.5. The topological polar surface area (TPSA) is 12.0 Å². The third kappa shape index (κ3) is 3.62. The molecule has 1 N–H and O–H groups in total. The molecule has 1 saturated carbocycles. The highest BCUT2D eigenvalue weighted by molar-refractivity contribution is 7.07. The van der Waals surface area contributed by atoms with Gasteiger partial charge >= 0.3 is 0 Å². The Hall–Kier alpha value is -0.340. The minimum atomic E-state index is 0.799. The van der Waals surface area contributed by atoms with E-state index in [1.165, 1.54) is 44.1 Å². The van der Waals surface area contributed by atoms with E-state index in [-0.39, 0.29) is 0 Å². The van der Waals surface area contributed by atoms with Crippen molar-refractivity contribution in [2.45, 2.75) is 44.6 Å². The highest BCUT2D eigenvalue weighted by atomic mass is 32.1. The van der Waals surface area contributed by atoms with E-state index < -0.39 is 0 Å². The Morgan fingerprint density at radius 1 is 1.47 bits per heavy atom. The number of rotatable bonds is 7. The molecule has 1 aliphatic carbocycles. The molecule has 0 amide bonds. The Balaban J connectivity index is 1.58. The summed E-state index contributed by atoms with van der Waals surface area (Å²) in [5, 5.41) is 7.91. The van der Waals surface area contributed by atoms with Gasteiger partial charge in [-0.15, -0.1) is 0 Å². The van der Waals surface area contributed by atoms with Crippen LogP contribution in [0.15, 0.2) is 16.8 Å². The van der Waals surface area contributed by atoms with Crippen molar-refractivity contribution in [2.24, 2.45) is 5.92 Å². The average Bonchev–Trinajstić information content (AvgIpc) is 2.95. The van der Waals surface area contributed by atoms with Crippen LogP contribution in [0.2, 0.25) is 0 Å². The second kappa shape index (κ2) is 5.66. The van der Waals surface area contributed by atoms with Gasteiger partial charge in [0, 0.05) is 6.04 Å². The first-order valence-electron chi connectivity index (χ1n) is 6.08. The van der Waals surface area contributed by atoms with Crippen molar-refractivity contribution in [3.8, 4) is 0 Å². The van der Waals surface area contributed by atoms with Crippen LogP contribution in [0.4, 0.5) is 0 Å². The zero-order valence-corrected chi connectivity index (χ0v) is 10.4. The summed E-state index contributed by atoms with van der Waals surface area (Å²) in [7, 11) is 2.11. The molecule has 1 atom stereocenters. The molecule has 84 valence electrons. The maximum Gasteiger partial charge on any atom is 0.00923 e. The molecule has 0 aromatic carbocycles. The third-order valence-electron chi connectivity index (χ3n) is 3.37. The molecule has 2 heteroatoms. The number of aryl methyl sites for hydroxylation is 1. The van der Waals surface area contributed by atoms with Crippen molar-refractivity contribution in [2.75, 3.05) is 7.05 Å². The molecule has 0 bridgehead atoms. The Bertz CT molecular complexity index is 264. The lowest BCUT2D eigenvalue weighted by Gasteiger charge is -2.14. The van der Waals surface area contributed by atoms with Crippen LogP contribution in [0.25, 0.3) is 0 Å². The van der Waals surface area contributed by atoms with Gasteiger partial charge in [0.15, 0.2) is 0 Å². The van der Waals surface area contributed by atoms with Crippen molar-refractivity contribution < 1.29 is 0 Å². The van der Waals surface area contributed by atoms with Crippen LogP contribution in [-0.4, -0.2) is 13.1 Å². The van der Waals surface area contributed by atoms with Crippen LogP contribution in [0.1, 0.15) is 37.7 Å². The van der Waals surface area contributed by atoms with E-state index in [9.17, 15) is 0 Å². The molecular formula is C13H21NS. The number of hydrogen-bond acceptors (Lipinski definition) is 2. The lowest BCUT2D eigenvalue weighted by Crippen LogP contribution is -2.27. The van der Waals surface area contributed by atoms with Gasteiger partial charge in [-0.2, -0.15) is 11.3 Å². The first-order chi connectivity index (χ1) is 7.40. The van der Waals surface area contributed by atoms with E-state index in [2.05, 4.69) is 29.2 Å². The van der Waals surface area contributed by atoms with Crippen molar-refractivity contribution in [1.82, 2.24) is 5.32 Å². The molecule has 0 aliphatic heterocycles. The largest absolute Gasteiger partial charge is 0.317 e. The molecule has 1 heterocycles. The summed E-state index contributed by atoms with van der Waals surface area (Å²) in [5.74, 6) is 0.996. The molecular weight excluding hydrogens is 202 g/mol. The first kappa shape index (κ1) is 11.2. The standard InChI is InChI=1S/C13H21NS/c1-14-13(12-6-7-12)5-3-2-4-11-8-9-15-10-11/h8-10,12-14H,2-7H2,1H3. The molecule has 1 fully saturated rings. The van der Waals surface area contributed by atoms with Crippen LogP contribution >= 0.6 is 11.3 Å². The van der Waals surface area contributed by atoms with Gasteiger partial charge in [0.1, 0.15) is 0 Å². The van der Waals surface area contributed by atoms with E-state index in [4.69, 9.17) is 0 Å². The highest BCUT2D eigenvalue weighted by Gasteiger charge is 2.29. The summed E-state index contributed by atoms with van der Waals surface area (Å²) in [5.41, 5.74) is 1.52. The average molecular weight is 223 g/mol. The summed E-state index contributed by atoms with van der Waals surface area (Å²) >= 11 is 1.81. The maximum atomic E-state index is 3.46. The van der Waals surface area contributed by atoms with Crippen LogP contribution < -0.4 is 5.32 Å². The molecule has 2 rings (SSSR count). The minimum absolute atomic E-state index is 0.799. The molecule has 0 spiro atoms. The van der Waals surface area contributed by atoms with Crippen molar-refractivity contribution in [3.05, 3.63) is 22.4 Å². The predicted molar refractivity (Wildman–Crippen MR) is 67.4 cm³/mol. The number of hydrogen-bond donors (Lipinski definition) is 1. The molecule has 1 aliphatic rings. The van der Waals surface area contributed by atoms with Crippen LogP contribution in [0.5, 0.6) is 0 Å². The lowest BCUT2D eigenvalue weighted by molar-refractivity contribution is 0.449. The molecule has 1 unspecified atom stereocenters. The van der Waals surface area contributed by atoms with Crippen LogP contribution in [0.3, 0.4) is 0 Å². The lowest BCUT2D eigenvalue weighted by atomic mass is 10.0. The van der Waals surface area contributed by atoms with E-state index >= 15 is 0 Å². The number of unbranched alkanes of at least 4 members (excludes halogenated alkanes) is 1. The Morgan fingerprint density at radius 3 is 2.93 bits per heavy atom. The van der Waals surface area contributed by atoms with Crippen molar-refractivity contribution >= 4 is 11.3 Å². The second-order valence-corrected chi connectivity index (χ2v) is 5.39. The van der Waals surface area contributed by atoms with Crippen LogP contribution in [-0.2, 0) is 6.42 Å². The molecule has 1 aromatic heterocycles. The minimum Gasteiger partial charge on any atom is -0.317 e. The molecule has 1 nitrogen and oxygen atoms in total. The van der Waals surface area contributed by atoms with Gasteiger partial charge in [-0.1, -0.05) is 6.42 Å². The van der Waals surface area contributed by atoms with Crippen molar-refractivity contribution in [1.29, 1.82) is 0 Å². The van der Waals surface area contributed by atoms with E-state index in [1.807, 2.05) is 11.3 Å². The summed E-state index contributed by atoms with van der Waals surface area (Å²) in [6, 6.07) is 3.05. The zero-order valence-electron chi connectivity index (χ0n) is 9.54. The van der Waals surface area contributed by atoms with Gasteiger partial charge in [-0.05, 0) is 67.5 Å². The monoisotopic (exact) mass is 223 g/mol. The SMILES string of the molecule is CNC(CCCCc1ccsc1)C1CC1. The van der Waals surface area contributed by atoms with Gasteiger partial charge in [0.05, 0.1) is 0 Å². The van der Waals surface area contributed by atoms with E-state index in [0.29, 0.717) is 0 Å². The second-order valence-electron chi connectivity index (χ2n) is 4.61. The quantitative estimate of drug-likeness (QED) is 0.698. The normalized spacial score (nSPS) is 17.9. The molecule has 1 aromatic rings. The van der Waals surface area contributed by atoms with Gasteiger partial charge in [-0.25, -0.2) is 0 Å². The smallest absolute Gasteiger partial charge is 0.00923 e. The number of thiophene rings is 1. The van der Waals surface area contributed by atoms with E-state index in [1.54, 1.807) is 0 Å². The maximum absolute atomic E-state index is 3.46. The molecule has 0 radical (unpaired) electrons. The van der Waals surface area contributed by atoms with Gasteiger partial charge in [0.2, 0.25) is 0 Å². The predicted octanol–water partition coefficient (Wildman–Crippen LogP) is 3.46. The fourth-order valence-electron chi connectivity index (χ4n) is 2.24. The summed E-state index contributed by atoms with van der Waals surface area (Å²) < 4.78 is 0. The van der Waals surface area contributed by atoms with Crippen molar-refractivity contribution in [3.63, 3.8) is 0 Å². The molecule has 0 saturated heterocycles. The van der Waals surface area contributed by atoms with Crippen LogP contribution in [0, 0.1) is 5.92 Å². The fourth-order valence-corrected chi connectivity index (χ4v) is 2.95. The fraction of sp³-hybridized carbons (Fsp3) is 0.692. The summed E-state index contributed by atoms with van der Waals surface area (Å²) in [4.78, 5) is 0. The number of nitrogens with one attached hydrogen (secondary N) is 1. The Morgan fingerprint density at radius 2 is 2.33 bits per heavy atom. The summed E-state index contributed by atoms with van der Waals surface area (Å²) in [6.07, 6.45) is 8.27. The molecule has 15 heavy (non-hydrogen) atoms. The van der Waals surface area contributed by atoms with Gasteiger partial charge in [-0.3, -0.25) is 0 Å². The Kier molecular flexibility index (Phi) is 4.21. The summed E-state index contributed by atoms with van der Waals surface area (Å²) in [6.45, 7) is 0. The highest BCUT2D eigenvalue weighted by Crippen LogP contribution is 2.34. The van der Waals surface area contributed by atoms with Gasteiger partial charge < -0.3 is 5.32 Å². The van der Waals surface area contributed by atoms with E-state index in [0.717, 1.165) is 12.0 Å². The third-order valence-corrected chi connectivity index (χ3v) is 4.10. The van der Waals surface area contributed by atoms with Gasteiger partial charge in [0.25, 0.3) is 0 Å². The first-order valence-corrected chi connectivity index (χ1v) is 7.03. The Labute approximate surface area is 96.9 Å².